The van der Waals surface area contributed by atoms with Gasteiger partial charge in [-0.25, -0.2) is 8.78 Å². The lowest BCUT2D eigenvalue weighted by Crippen LogP contribution is -2.33. The van der Waals surface area contributed by atoms with Gasteiger partial charge in [0.2, 0.25) is 6.41 Å². The number of nitriles is 1. The van der Waals surface area contributed by atoms with Crippen molar-refractivity contribution < 1.29 is 13.6 Å². The Morgan fingerprint density at radius 3 is 2.67 bits per heavy atom. The first-order chi connectivity index (χ1) is 5.55. The number of carbonyl (C=O) groups excluding carboxylic acids is 1. The molecule has 0 heterocycles. The van der Waals surface area contributed by atoms with Crippen molar-refractivity contribution in [2.75, 3.05) is 0 Å². The lowest BCUT2D eigenvalue weighted by atomic mass is 10.1. The molecule has 0 aliphatic carbocycles. The van der Waals surface area contributed by atoms with Crippen LogP contribution in [0.4, 0.5) is 8.78 Å². The van der Waals surface area contributed by atoms with Gasteiger partial charge in [-0.05, 0) is 0 Å². The van der Waals surface area contributed by atoms with Crippen LogP contribution in [0.1, 0.15) is 19.8 Å². The lowest BCUT2D eigenvalue weighted by Gasteiger charge is -2.16. The Labute approximate surface area is 69.4 Å². The Bertz CT molecular complexity index is 188. The summed E-state index contributed by atoms with van der Waals surface area (Å²) < 4.78 is 25.2. The molecule has 12 heavy (non-hydrogen) atoms. The van der Waals surface area contributed by atoms with Crippen LogP contribution in [0.2, 0.25) is 0 Å². The predicted octanol–water partition coefficient (Wildman–Crippen LogP) is 1.06. The van der Waals surface area contributed by atoms with E-state index in [1.807, 2.05) is 5.32 Å². The molecular weight excluding hydrogens is 166 g/mol. The molecule has 0 radical (unpaired) electrons. The molecule has 1 atom stereocenters. The van der Waals surface area contributed by atoms with Crippen LogP contribution in [-0.4, -0.2) is 18.4 Å². The summed E-state index contributed by atoms with van der Waals surface area (Å²) in [6.45, 7) is 1.33. The van der Waals surface area contributed by atoms with Gasteiger partial charge in [0.1, 0.15) is 6.04 Å². The number of halogens is 2. The fourth-order valence-corrected chi connectivity index (χ4v) is 0.667. The number of amides is 1. The average molecular weight is 176 g/mol. The number of rotatable bonds is 5. The van der Waals surface area contributed by atoms with Gasteiger partial charge in [-0.15, -0.1) is 0 Å². The molecule has 0 bridgehead atoms. The Hall–Kier alpha value is -1.18. The van der Waals surface area contributed by atoms with Crippen LogP contribution < -0.4 is 5.32 Å². The Morgan fingerprint density at radius 1 is 1.75 bits per heavy atom. The second-order valence-electron chi connectivity index (χ2n) is 2.38. The molecular formula is C7H10F2N2O. The van der Waals surface area contributed by atoms with E-state index >= 15 is 0 Å². The molecule has 0 aromatic carbocycles. The molecule has 0 aliphatic rings. The molecule has 1 amide bonds. The number of hydrogen-bond donors (Lipinski definition) is 1. The van der Waals surface area contributed by atoms with Crippen LogP contribution in [0.25, 0.3) is 0 Å². The minimum absolute atomic E-state index is 0.250. The van der Waals surface area contributed by atoms with Crippen molar-refractivity contribution >= 4 is 6.41 Å². The van der Waals surface area contributed by atoms with Crippen molar-refractivity contribution in [3.63, 3.8) is 0 Å². The van der Waals surface area contributed by atoms with Crippen molar-refractivity contribution in [3.8, 4) is 6.07 Å². The largest absolute Gasteiger partial charge is 0.343 e. The molecule has 1 N–H and O–H groups in total. The van der Waals surface area contributed by atoms with E-state index in [9.17, 15) is 13.6 Å². The first-order valence-electron chi connectivity index (χ1n) is 3.53. The Morgan fingerprint density at radius 2 is 2.33 bits per heavy atom. The third-order valence-corrected chi connectivity index (χ3v) is 1.45. The highest BCUT2D eigenvalue weighted by Gasteiger charge is 2.30. The van der Waals surface area contributed by atoms with Crippen LogP contribution in [-0.2, 0) is 4.79 Å². The molecule has 0 spiro atoms. The molecule has 0 aromatic heterocycles. The fourth-order valence-electron chi connectivity index (χ4n) is 0.667. The van der Waals surface area contributed by atoms with E-state index in [2.05, 4.69) is 0 Å². The van der Waals surface area contributed by atoms with E-state index in [1.54, 1.807) is 6.07 Å². The van der Waals surface area contributed by atoms with Gasteiger partial charge in [0.15, 0.2) is 0 Å². The highest BCUT2D eigenvalue weighted by Crippen LogP contribution is 2.23. The summed E-state index contributed by atoms with van der Waals surface area (Å²) >= 11 is 0. The molecule has 0 aromatic rings. The fraction of sp³-hybridized carbons (Fsp3) is 0.714. The summed E-state index contributed by atoms with van der Waals surface area (Å²) in [5.74, 6) is -2.88. The lowest BCUT2D eigenvalue weighted by molar-refractivity contribution is -0.110. The van der Waals surface area contributed by atoms with Crippen molar-refractivity contribution in [1.29, 1.82) is 5.26 Å². The molecule has 68 valence electrons. The summed E-state index contributed by atoms with van der Waals surface area (Å²) in [6, 6.07) is 0.471. The number of hydrogen-bond acceptors (Lipinski definition) is 2. The third kappa shape index (κ3) is 3.86. The van der Waals surface area contributed by atoms with Crippen molar-refractivity contribution in [2.24, 2.45) is 0 Å². The van der Waals surface area contributed by atoms with Gasteiger partial charge in [-0.3, -0.25) is 4.79 Å². The Kier molecular flexibility index (Phi) is 4.19. The third-order valence-electron chi connectivity index (χ3n) is 1.45. The minimum Gasteiger partial charge on any atom is -0.343 e. The van der Waals surface area contributed by atoms with E-state index in [-0.39, 0.29) is 12.8 Å². The predicted molar refractivity (Wildman–Crippen MR) is 38.5 cm³/mol. The van der Waals surface area contributed by atoms with Crippen LogP contribution in [0.3, 0.4) is 0 Å². The maximum absolute atomic E-state index is 12.6. The van der Waals surface area contributed by atoms with E-state index < -0.39 is 18.4 Å². The maximum atomic E-state index is 12.6. The van der Waals surface area contributed by atoms with Gasteiger partial charge in [0.25, 0.3) is 5.92 Å². The van der Waals surface area contributed by atoms with Crippen molar-refractivity contribution in [1.82, 2.24) is 5.32 Å². The van der Waals surface area contributed by atoms with E-state index in [0.29, 0.717) is 0 Å². The quantitative estimate of drug-likeness (QED) is 0.637. The average Bonchev–Trinajstić information content (AvgIpc) is 2.03. The van der Waals surface area contributed by atoms with Crippen LogP contribution >= 0.6 is 0 Å². The Balaban J connectivity index is 4.03. The second kappa shape index (κ2) is 4.65. The zero-order valence-corrected chi connectivity index (χ0v) is 6.68. The van der Waals surface area contributed by atoms with Crippen LogP contribution in [0, 0.1) is 11.3 Å². The van der Waals surface area contributed by atoms with Gasteiger partial charge in [0, 0.05) is 12.8 Å². The summed E-state index contributed by atoms with van der Waals surface area (Å²) in [4.78, 5) is 9.84. The van der Waals surface area contributed by atoms with E-state index in [1.165, 1.54) is 6.92 Å². The standard InChI is InChI=1S/C7H10F2N2O/c1-2-7(8,9)3-6(4-10)11-5-12/h5-6H,2-3H2,1H3,(H,11,12). The van der Waals surface area contributed by atoms with Crippen LogP contribution in [0.15, 0.2) is 0 Å². The van der Waals surface area contributed by atoms with Gasteiger partial charge in [0.05, 0.1) is 6.07 Å². The summed E-state index contributed by atoms with van der Waals surface area (Å²) in [5, 5.41) is 10.3. The highest BCUT2D eigenvalue weighted by atomic mass is 19.3. The first-order valence-corrected chi connectivity index (χ1v) is 3.53. The van der Waals surface area contributed by atoms with E-state index in [0.717, 1.165) is 0 Å². The molecule has 0 fully saturated rings. The SMILES string of the molecule is CCC(F)(F)CC(C#N)NC=O. The smallest absolute Gasteiger partial charge is 0.250 e. The zero-order chi connectivity index (χ0) is 9.61. The molecule has 0 rings (SSSR count). The van der Waals surface area contributed by atoms with Gasteiger partial charge < -0.3 is 5.32 Å². The molecule has 0 saturated carbocycles. The molecule has 0 saturated heterocycles. The normalized spacial score (nSPS) is 13.2. The number of alkyl halides is 2. The number of nitrogens with one attached hydrogen (secondary N) is 1. The van der Waals surface area contributed by atoms with Gasteiger partial charge in [-0.2, -0.15) is 5.26 Å². The summed E-state index contributed by atoms with van der Waals surface area (Å²) in [7, 11) is 0. The molecule has 5 heteroatoms. The topological polar surface area (TPSA) is 52.9 Å². The monoisotopic (exact) mass is 176 g/mol. The van der Waals surface area contributed by atoms with Gasteiger partial charge in [-0.1, -0.05) is 6.92 Å². The highest BCUT2D eigenvalue weighted by molar-refractivity contribution is 5.47. The van der Waals surface area contributed by atoms with E-state index in [4.69, 9.17) is 5.26 Å². The number of carbonyl (C=O) groups is 1. The molecule has 3 nitrogen and oxygen atoms in total. The van der Waals surface area contributed by atoms with Crippen molar-refractivity contribution in [3.05, 3.63) is 0 Å². The minimum atomic E-state index is -2.88. The van der Waals surface area contributed by atoms with Crippen LogP contribution in [0.5, 0.6) is 0 Å². The second-order valence-corrected chi connectivity index (χ2v) is 2.38. The maximum Gasteiger partial charge on any atom is 0.250 e. The zero-order valence-electron chi connectivity index (χ0n) is 6.68. The van der Waals surface area contributed by atoms with Gasteiger partial charge >= 0.3 is 0 Å². The van der Waals surface area contributed by atoms with Crippen molar-refractivity contribution in [2.45, 2.75) is 31.7 Å². The molecule has 1 unspecified atom stereocenters. The first kappa shape index (κ1) is 10.8. The summed E-state index contributed by atoms with van der Waals surface area (Å²) in [6.07, 6.45) is -0.704. The number of nitrogens with zero attached hydrogens (tertiary/aromatic N) is 1. The molecule has 0 aliphatic heterocycles. The summed E-state index contributed by atoms with van der Waals surface area (Å²) in [5.41, 5.74) is 0.